The maximum absolute atomic E-state index is 5.94. The van der Waals surface area contributed by atoms with E-state index in [1.54, 1.807) is 6.20 Å². The van der Waals surface area contributed by atoms with Crippen molar-refractivity contribution in [3.63, 3.8) is 0 Å². The Bertz CT molecular complexity index is 572. The normalized spacial score (nSPS) is 18.0. The maximum Gasteiger partial charge on any atom is 0.224 e. The molecule has 0 bridgehead atoms. The molecule has 0 spiro atoms. The van der Waals surface area contributed by atoms with Crippen LogP contribution >= 0.6 is 0 Å². The third kappa shape index (κ3) is 3.70. The smallest absolute Gasteiger partial charge is 0.224 e. The van der Waals surface area contributed by atoms with Gasteiger partial charge in [0.15, 0.2) is 0 Å². The van der Waals surface area contributed by atoms with E-state index < -0.39 is 0 Å². The molecule has 1 unspecified atom stereocenters. The minimum Gasteiger partial charge on any atom is -0.355 e. The Kier molecular flexibility index (Phi) is 4.31. The number of nitrogens with two attached hydrogens (primary N) is 1. The van der Waals surface area contributed by atoms with Crippen LogP contribution in [0, 0.1) is 0 Å². The van der Waals surface area contributed by atoms with Crippen molar-refractivity contribution in [1.29, 1.82) is 0 Å². The standard InChI is InChI=1S/C16H21N5/c17-14-8-11-21(12-14)15-7-10-19-16(20-15)18-9-6-13-4-2-1-3-5-13/h1-5,7,10,14H,6,8-9,11-12,17H2,(H,18,19,20). The van der Waals surface area contributed by atoms with Crippen molar-refractivity contribution in [2.45, 2.75) is 18.9 Å². The largest absolute Gasteiger partial charge is 0.355 e. The molecule has 0 radical (unpaired) electrons. The van der Waals surface area contributed by atoms with Crippen LogP contribution in [-0.2, 0) is 6.42 Å². The van der Waals surface area contributed by atoms with E-state index in [9.17, 15) is 0 Å². The highest BCUT2D eigenvalue weighted by molar-refractivity contribution is 5.43. The van der Waals surface area contributed by atoms with E-state index in [4.69, 9.17) is 5.73 Å². The van der Waals surface area contributed by atoms with Crippen LogP contribution in [0.3, 0.4) is 0 Å². The molecule has 0 amide bonds. The van der Waals surface area contributed by atoms with Gasteiger partial charge in [0, 0.05) is 31.9 Å². The molecule has 3 rings (SSSR count). The Labute approximate surface area is 125 Å². The molecule has 110 valence electrons. The number of hydrogen-bond acceptors (Lipinski definition) is 5. The molecule has 1 saturated heterocycles. The van der Waals surface area contributed by atoms with Crippen molar-refractivity contribution in [3.8, 4) is 0 Å². The number of anilines is 2. The second-order valence-corrected chi connectivity index (χ2v) is 5.40. The average molecular weight is 283 g/mol. The van der Waals surface area contributed by atoms with E-state index in [1.807, 2.05) is 12.1 Å². The quantitative estimate of drug-likeness (QED) is 0.873. The number of aromatic nitrogens is 2. The summed E-state index contributed by atoms with van der Waals surface area (Å²) in [5.74, 6) is 1.64. The number of nitrogens with one attached hydrogen (secondary N) is 1. The minimum atomic E-state index is 0.259. The first-order chi connectivity index (χ1) is 10.3. The zero-order valence-electron chi connectivity index (χ0n) is 12.1. The van der Waals surface area contributed by atoms with E-state index >= 15 is 0 Å². The van der Waals surface area contributed by atoms with Gasteiger partial charge in [-0.2, -0.15) is 4.98 Å². The molecule has 0 saturated carbocycles. The zero-order valence-corrected chi connectivity index (χ0v) is 12.1. The summed E-state index contributed by atoms with van der Waals surface area (Å²) in [4.78, 5) is 11.1. The summed E-state index contributed by atoms with van der Waals surface area (Å²) in [6.45, 7) is 2.68. The lowest BCUT2D eigenvalue weighted by Gasteiger charge is -2.17. The topological polar surface area (TPSA) is 67.1 Å². The van der Waals surface area contributed by atoms with Crippen molar-refractivity contribution in [1.82, 2.24) is 9.97 Å². The minimum absolute atomic E-state index is 0.259. The van der Waals surface area contributed by atoms with Crippen LogP contribution in [-0.4, -0.2) is 35.6 Å². The van der Waals surface area contributed by atoms with Gasteiger partial charge < -0.3 is 16.0 Å². The van der Waals surface area contributed by atoms with Gasteiger partial charge in [0.05, 0.1) is 0 Å². The van der Waals surface area contributed by atoms with Crippen molar-refractivity contribution in [2.75, 3.05) is 29.9 Å². The lowest BCUT2D eigenvalue weighted by Crippen LogP contribution is -2.27. The van der Waals surface area contributed by atoms with Gasteiger partial charge in [-0.3, -0.25) is 0 Å². The summed E-state index contributed by atoms with van der Waals surface area (Å²) >= 11 is 0. The van der Waals surface area contributed by atoms with Gasteiger partial charge in [0.2, 0.25) is 5.95 Å². The molecule has 1 aromatic carbocycles. The molecule has 5 heteroatoms. The average Bonchev–Trinajstić information content (AvgIpc) is 2.95. The lowest BCUT2D eigenvalue weighted by molar-refractivity contribution is 0.751. The predicted molar refractivity (Wildman–Crippen MR) is 85.5 cm³/mol. The fourth-order valence-corrected chi connectivity index (χ4v) is 2.57. The third-order valence-corrected chi connectivity index (χ3v) is 3.73. The second kappa shape index (κ2) is 6.54. The van der Waals surface area contributed by atoms with Gasteiger partial charge in [0.1, 0.15) is 5.82 Å². The molecule has 1 aromatic heterocycles. The van der Waals surface area contributed by atoms with E-state index in [2.05, 4.69) is 44.5 Å². The molecule has 5 nitrogen and oxygen atoms in total. The highest BCUT2D eigenvalue weighted by Crippen LogP contribution is 2.17. The van der Waals surface area contributed by atoms with Crippen LogP contribution < -0.4 is 16.0 Å². The number of benzene rings is 1. The van der Waals surface area contributed by atoms with Crippen LogP contribution in [0.25, 0.3) is 0 Å². The van der Waals surface area contributed by atoms with Crippen molar-refractivity contribution in [3.05, 3.63) is 48.2 Å². The Balaban J connectivity index is 1.56. The van der Waals surface area contributed by atoms with Crippen LogP contribution in [0.15, 0.2) is 42.6 Å². The molecule has 1 fully saturated rings. The Morgan fingerprint density at radius 2 is 2.10 bits per heavy atom. The van der Waals surface area contributed by atoms with E-state index in [0.29, 0.717) is 5.95 Å². The first kappa shape index (κ1) is 13.8. The molecule has 1 aliphatic rings. The van der Waals surface area contributed by atoms with Crippen LogP contribution in [0.1, 0.15) is 12.0 Å². The van der Waals surface area contributed by atoms with Gasteiger partial charge >= 0.3 is 0 Å². The summed E-state index contributed by atoms with van der Waals surface area (Å²) in [5, 5.41) is 3.29. The highest BCUT2D eigenvalue weighted by atomic mass is 15.2. The van der Waals surface area contributed by atoms with Gasteiger partial charge in [-0.15, -0.1) is 0 Å². The molecule has 21 heavy (non-hydrogen) atoms. The molecular weight excluding hydrogens is 262 g/mol. The molecule has 1 aliphatic heterocycles. The summed E-state index contributed by atoms with van der Waals surface area (Å²) in [6, 6.07) is 12.6. The van der Waals surface area contributed by atoms with Gasteiger partial charge in [-0.05, 0) is 24.5 Å². The second-order valence-electron chi connectivity index (χ2n) is 5.40. The van der Waals surface area contributed by atoms with Crippen molar-refractivity contribution < 1.29 is 0 Å². The first-order valence-corrected chi connectivity index (χ1v) is 7.42. The lowest BCUT2D eigenvalue weighted by atomic mass is 10.1. The first-order valence-electron chi connectivity index (χ1n) is 7.42. The number of rotatable bonds is 5. The fourth-order valence-electron chi connectivity index (χ4n) is 2.57. The summed E-state index contributed by atoms with van der Waals surface area (Å²) in [6.07, 6.45) is 3.79. The molecule has 2 heterocycles. The predicted octanol–water partition coefficient (Wildman–Crippen LogP) is 1.67. The molecule has 0 aliphatic carbocycles. The third-order valence-electron chi connectivity index (χ3n) is 3.73. The van der Waals surface area contributed by atoms with Crippen LogP contribution in [0.2, 0.25) is 0 Å². The molecule has 2 aromatic rings. The van der Waals surface area contributed by atoms with E-state index in [1.165, 1.54) is 5.56 Å². The Morgan fingerprint density at radius 3 is 2.86 bits per heavy atom. The zero-order chi connectivity index (χ0) is 14.5. The van der Waals surface area contributed by atoms with Crippen LogP contribution in [0.4, 0.5) is 11.8 Å². The van der Waals surface area contributed by atoms with Gasteiger partial charge in [-0.1, -0.05) is 30.3 Å². The number of hydrogen-bond donors (Lipinski definition) is 2. The Hall–Kier alpha value is -2.14. The van der Waals surface area contributed by atoms with Gasteiger partial charge in [-0.25, -0.2) is 4.98 Å². The van der Waals surface area contributed by atoms with E-state index in [-0.39, 0.29) is 6.04 Å². The Morgan fingerprint density at radius 1 is 1.24 bits per heavy atom. The molecule has 1 atom stereocenters. The fraction of sp³-hybridized carbons (Fsp3) is 0.375. The summed E-state index contributed by atoms with van der Waals surface area (Å²) in [7, 11) is 0. The van der Waals surface area contributed by atoms with Gasteiger partial charge in [0.25, 0.3) is 0 Å². The van der Waals surface area contributed by atoms with E-state index in [0.717, 1.165) is 38.3 Å². The summed E-state index contributed by atoms with van der Waals surface area (Å²) in [5.41, 5.74) is 7.26. The molecule has 3 N–H and O–H groups in total. The summed E-state index contributed by atoms with van der Waals surface area (Å²) < 4.78 is 0. The monoisotopic (exact) mass is 283 g/mol. The maximum atomic E-state index is 5.94. The van der Waals surface area contributed by atoms with Crippen LogP contribution in [0.5, 0.6) is 0 Å². The van der Waals surface area contributed by atoms with Crippen molar-refractivity contribution in [2.24, 2.45) is 5.73 Å². The van der Waals surface area contributed by atoms with Crippen molar-refractivity contribution >= 4 is 11.8 Å². The molecular formula is C16H21N5. The number of nitrogens with zero attached hydrogens (tertiary/aromatic N) is 3. The highest BCUT2D eigenvalue weighted by Gasteiger charge is 2.20. The SMILES string of the molecule is NC1CCN(c2ccnc(NCCc3ccccc3)n2)C1.